The summed E-state index contributed by atoms with van der Waals surface area (Å²) in [5.74, 6) is -0.488. The fourth-order valence-corrected chi connectivity index (χ4v) is 0.323. The summed E-state index contributed by atoms with van der Waals surface area (Å²) in [5.41, 5.74) is 4.13. The van der Waals surface area contributed by atoms with Gasteiger partial charge in [0, 0.05) is 0 Å². The summed E-state index contributed by atoms with van der Waals surface area (Å²) >= 11 is 10.9. The van der Waals surface area contributed by atoms with Crippen molar-refractivity contribution in [1.29, 1.82) is 0 Å². The van der Waals surface area contributed by atoms with Gasteiger partial charge < -0.3 is 5.73 Å². The summed E-state index contributed by atoms with van der Waals surface area (Å²) in [5, 5.41) is 0. The minimum absolute atomic E-state index is 0.488. The maximum absolute atomic E-state index is 10.5. The zero-order valence-electron chi connectivity index (χ0n) is 5.32. The lowest BCUT2D eigenvalue weighted by Crippen LogP contribution is -2.36. The van der Waals surface area contributed by atoms with Crippen molar-refractivity contribution in [2.24, 2.45) is 11.1 Å². The van der Waals surface area contributed by atoms with Gasteiger partial charge in [-0.15, -0.1) is 23.2 Å². The molecule has 9 heavy (non-hydrogen) atoms. The van der Waals surface area contributed by atoms with Crippen molar-refractivity contribution in [2.45, 2.75) is 18.7 Å². The summed E-state index contributed by atoms with van der Waals surface area (Å²) in [7, 11) is 0. The second kappa shape index (κ2) is 2.76. The van der Waals surface area contributed by atoms with Crippen LogP contribution < -0.4 is 5.73 Å². The van der Waals surface area contributed by atoms with Gasteiger partial charge in [0.05, 0.1) is 5.41 Å². The molecule has 0 spiro atoms. The maximum atomic E-state index is 10.5. The third-order valence-corrected chi connectivity index (χ3v) is 2.27. The molecule has 0 aromatic rings. The van der Waals surface area contributed by atoms with E-state index in [1.807, 2.05) is 0 Å². The van der Waals surface area contributed by atoms with Gasteiger partial charge in [0.2, 0.25) is 5.91 Å². The quantitative estimate of drug-likeness (QED) is 0.623. The van der Waals surface area contributed by atoms with Crippen LogP contribution in [0.3, 0.4) is 0 Å². The summed E-state index contributed by atoms with van der Waals surface area (Å²) in [6, 6.07) is 0. The molecule has 0 aliphatic heterocycles. The number of nitrogens with two attached hydrogens (primary N) is 1. The van der Waals surface area contributed by atoms with Crippen LogP contribution in [0.4, 0.5) is 0 Å². The predicted octanol–water partition coefficient (Wildman–Crippen LogP) is 1.30. The third-order valence-electron chi connectivity index (χ3n) is 1.18. The van der Waals surface area contributed by atoms with E-state index < -0.39 is 16.2 Å². The van der Waals surface area contributed by atoms with Gasteiger partial charge in [-0.1, -0.05) is 0 Å². The Kier molecular flexibility index (Phi) is 2.77. The molecule has 2 nitrogen and oxygen atoms in total. The SMILES string of the molecule is CC(C)(C(N)=O)C(Cl)Cl. The molecule has 0 rings (SSSR count). The highest BCUT2D eigenvalue weighted by atomic mass is 35.5. The van der Waals surface area contributed by atoms with Crippen molar-refractivity contribution < 1.29 is 4.79 Å². The van der Waals surface area contributed by atoms with E-state index >= 15 is 0 Å². The highest BCUT2D eigenvalue weighted by Crippen LogP contribution is 2.27. The van der Waals surface area contributed by atoms with Crippen molar-refractivity contribution in [3.63, 3.8) is 0 Å². The molecule has 1 amide bonds. The normalized spacial score (nSPS) is 12.1. The van der Waals surface area contributed by atoms with Crippen molar-refractivity contribution in [3.8, 4) is 0 Å². The summed E-state index contributed by atoms with van der Waals surface area (Å²) in [6.45, 7) is 3.19. The van der Waals surface area contributed by atoms with Crippen LogP contribution >= 0.6 is 23.2 Å². The molecule has 0 heterocycles. The molecule has 0 atom stereocenters. The smallest absolute Gasteiger partial charge is 0.225 e. The van der Waals surface area contributed by atoms with Crippen molar-refractivity contribution in [2.75, 3.05) is 0 Å². The highest BCUT2D eigenvalue weighted by molar-refractivity contribution is 6.45. The third kappa shape index (κ3) is 2.03. The van der Waals surface area contributed by atoms with E-state index in [1.165, 1.54) is 0 Å². The minimum atomic E-state index is -0.830. The maximum Gasteiger partial charge on any atom is 0.225 e. The topological polar surface area (TPSA) is 43.1 Å². The molecule has 0 aromatic carbocycles. The first kappa shape index (κ1) is 9.05. The lowest BCUT2D eigenvalue weighted by molar-refractivity contribution is -0.125. The number of amides is 1. The number of hydrogen-bond donors (Lipinski definition) is 1. The van der Waals surface area contributed by atoms with Gasteiger partial charge in [0.1, 0.15) is 4.84 Å². The fourth-order valence-electron chi connectivity index (χ4n) is 0.108. The van der Waals surface area contributed by atoms with E-state index in [-0.39, 0.29) is 0 Å². The molecule has 2 N–H and O–H groups in total. The summed E-state index contributed by atoms with van der Waals surface area (Å²) < 4.78 is 0. The number of rotatable bonds is 2. The fraction of sp³-hybridized carbons (Fsp3) is 0.800. The van der Waals surface area contributed by atoms with Crippen LogP contribution in [-0.4, -0.2) is 10.7 Å². The van der Waals surface area contributed by atoms with Crippen LogP contribution in [0.1, 0.15) is 13.8 Å². The first-order chi connectivity index (χ1) is 3.89. The second-order valence-electron chi connectivity index (χ2n) is 2.39. The van der Waals surface area contributed by atoms with E-state index in [9.17, 15) is 4.79 Å². The van der Waals surface area contributed by atoms with E-state index in [2.05, 4.69) is 0 Å². The van der Waals surface area contributed by atoms with E-state index in [4.69, 9.17) is 28.9 Å². The van der Waals surface area contributed by atoms with Crippen LogP contribution in [0.25, 0.3) is 0 Å². The van der Waals surface area contributed by atoms with Gasteiger partial charge in [0.25, 0.3) is 0 Å². The van der Waals surface area contributed by atoms with Gasteiger partial charge in [-0.05, 0) is 13.8 Å². The largest absolute Gasteiger partial charge is 0.369 e. The van der Waals surface area contributed by atoms with Crippen LogP contribution in [0, 0.1) is 5.41 Å². The Labute approximate surface area is 64.3 Å². The van der Waals surface area contributed by atoms with Crippen LogP contribution in [0.15, 0.2) is 0 Å². The molecule has 0 radical (unpaired) electrons. The molecule has 0 aliphatic rings. The van der Waals surface area contributed by atoms with Gasteiger partial charge >= 0.3 is 0 Å². The standard InChI is InChI=1S/C5H9Cl2NO/c1-5(2,3(6)7)4(8)9/h3H,1-2H3,(H2,8,9). The van der Waals surface area contributed by atoms with Crippen molar-refractivity contribution in [1.82, 2.24) is 0 Å². The molecular weight excluding hydrogens is 161 g/mol. The second-order valence-corrected chi connectivity index (χ2v) is 3.48. The molecule has 4 heteroatoms. The Morgan fingerprint density at radius 2 is 1.89 bits per heavy atom. The Hall–Kier alpha value is 0.0500. The van der Waals surface area contributed by atoms with Gasteiger partial charge in [-0.3, -0.25) is 4.79 Å². The summed E-state index contributed by atoms with van der Waals surface area (Å²) in [6.07, 6.45) is 0. The zero-order chi connectivity index (χ0) is 7.65. The number of primary amides is 1. The Balaban J connectivity index is 4.19. The van der Waals surface area contributed by atoms with Crippen LogP contribution in [0.2, 0.25) is 0 Å². The van der Waals surface area contributed by atoms with E-state index in [1.54, 1.807) is 13.8 Å². The van der Waals surface area contributed by atoms with E-state index in [0.29, 0.717) is 0 Å². The first-order valence-corrected chi connectivity index (χ1v) is 3.34. The minimum Gasteiger partial charge on any atom is -0.369 e. The number of carbonyl (C=O) groups is 1. The number of alkyl halides is 2. The molecule has 0 unspecified atom stereocenters. The molecule has 0 aliphatic carbocycles. The van der Waals surface area contributed by atoms with Crippen LogP contribution in [-0.2, 0) is 4.79 Å². The number of hydrogen-bond acceptors (Lipinski definition) is 1. The van der Waals surface area contributed by atoms with Gasteiger partial charge in [-0.25, -0.2) is 0 Å². The molecule has 54 valence electrons. The highest BCUT2D eigenvalue weighted by Gasteiger charge is 2.32. The molecular formula is C5H9Cl2NO. The van der Waals surface area contributed by atoms with Gasteiger partial charge in [0.15, 0.2) is 0 Å². The Bertz CT molecular complexity index is 122. The molecule has 0 bridgehead atoms. The lowest BCUT2D eigenvalue weighted by Gasteiger charge is -2.20. The van der Waals surface area contributed by atoms with Crippen molar-refractivity contribution >= 4 is 29.1 Å². The molecule has 0 aromatic heterocycles. The van der Waals surface area contributed by atoms with Crippen LogP contribution in [0.5, 0.6) is 0 Å². The van der Waals surface area contributed by atoms with E-state index in [0.717, 1.165) is 0 Å². The Morgan fingerprint density at radius 1 is 1.56 bits per heavy atom. The number of carbonyl (C=O) groups excluding carboxylic acids is 1. The van der Waals surface area contributed by atoms with Crippen molar-refractivity contribution in [3.05, 3.63) is 0 Å². The molecule has 0 saturated carbocycles. The number of halogens is 2. The monoisotopic (exact) mass is 169 g/mol. The lowest BCUT2D eigenvalue weighted by atomic mass is 9.96. The average molecular weight is 170 g/mol. The predicted molar refractivity (Wildman–Crippen MR) is 38.5 cm³/mol. The first-order valence-electron chi connectivity index (χ1n) is 2.47. The molecule has 0 saturated heterocycles. The average Bonchev–Trinajstić information content (AvgIpc) is 1.65. The zero-order valence-corrected chi connectivity index (χ0v) is 6.83. The van der Waals surface area contributed by atoms with Gasteiger partial charge in [-0.2, -0.15) is 0 Å². The molecule has 0 fully saturated rings. The summed E-state index contributed by atoms with van der Waals surface area (Å²) in [4.78, 5) is 9.78. The Morgan fingerprint density at radius 3 is 1.89 bits per heavy atom.